The molecule has 0 aliphatic carbocycles. The molecule has 0 saturated heterocycles. The van der Waals surface area contributed by atoms with Gasteiger partial charge in [-0.25, -0.2) is 0 Å². The molecule has 0 heterocycles. The zero-order valence-electron chi connectivity index (χ0n) is 10.3. The first kappa shape index (κ1) is 12.8. The molecule has 1 atom stereocenters. The van der Waals surface area contributed by atoms with Crippen LogP contribution in [0.3, 0.4) is 0 Å². The average molecular weight is 223 g/mol. The van der Waals surface area contributed by atoms with Crippen molar-refractivity contribution in [3.8, 4) is 11.5 Å². The molecule has 0 radical (unpaired) electrons. The van der Waals surface area contributed by atoms with Crippen LogP contribution in [0.15, 0.2) is 18.2 Å². The summed E-state index contributed by atoms with van der Waals surface area (Å²) in [5.74, 6) is 1.70. The molecule has 2 N–H and O–H groups in total. The fourth-order valence-corrected chi connectivity index (χ4v) is 1.60. The first-order valence-corrected chi connectivity index (χ1v) is 5.67. The summed E-state index contributed by atoms with van der Waals surface area (Å²) in [5.41, 5.74) is 7.09. The molecule has 1 aromatic rings. The highest BCUT2D eigenvalue weighted by molar-refractivity contribution is 5.40. The fourth-order valence-electron chi connectivity index (χ4n) is 1.60. The maximum atomic E-state index is 5.90. The van der Waals surface area contributed by atoms with E-state index in [9.17, 15) is 0 Å². The van der Waals surface area contributed by atoms with E-state index in [1.165, 1.54) is 5.56 Å². The van der Waals surface area contributed by atoms with Crippen LogP contribution in [-0.4, -0.2) is 20.3 Å². The van der Waals surface area contributed by atoms with E-state index in [-0.39, 0.29) is 6.04 Å². The Labute approximate surface area is 97.6 Å². The lowest BCUT2D eigenvalue weighted by molar-refractivity contribution is 0.390. The van der Waals surface area contributed by atoms with Crippen molar-refractivity contribution >= 4 is 0 Å². The summed E-state index contributed by atoms with van der Waals surface area (Å²) in [7, 11) is 3.33. The van der Waals surface area contributed by atoms with Gasteiger partial charge in [0.15, 0.2) is 0 Å². The summed E-state index contributed by atoms with van der Waals surface area (Å²) >= 11 is 0. The monoisotopic (exact) mass is 223 g/mol. The van der Waals surface area contributed by atoms with Crippen molar-refractivity contribution in [1.82, 2.24) is 0 Å². The van der Waals surface area contributed by atoms with Crippen LogP contribution in [0.25, 0.3) is 0 Å². The molecule has 0 aliphatic heterocycles. The summed E-state index contributed by atoms with van der Waals surface area (Å²) in [5, 5.41) is 0. The number of hydrogen-bond donors (Lipinski definition) is 1. The van der Waals surface area contributed by atoms with Crippen LogP contribution in [0.2, 0.25) is 0 Å². The zero-order chi connectivity index (χ0) is 12.0. The predicted molar refractivity (Wildman–Crippen MR) is 66.1 cm³/mol. The van der Waals surface area contributed by atoms with E-state index < -0.39 is 0 Å². The minimum Gasteiger partial charge on any atom is -0.497 e. The normalized spacial score (nSPS) is 12.2. The summed E-state index contributed by atoms with van der Waals surface area (Å²) in [6, 6.07) is 6.18. The van der Waals surface area contributed by atoms with Crippen LogP contribution in [0.4, 0.5) is 0 Å². The Morgan fingerprint density at radius 2 is 2.00 bits per heavy atom. The number of nitrogens with two attached hydrogens (primary N) is 1. The van der Waals surface area contributed by atoms with Gasteiger partial charge in [-0.05, 0) is 30.9 Å². The molecular formula is C13H21NO2. The second-order valence-electron chi connectivity index (χ2n) is 3.88. The fraction of sp³-hybridized carbons (Fsp3) is 0.538. The lowest BCUT2D eigenvalue weighted by Gasteiger charge is -2.12. The quantitative estimate of drug-likeness (QED) is 0.805. The second-order valence-corrected chi connectivity index (χ2v) is 3.88. The van der Waals surface area contributed by atoms with Crippen LogP contribution in [-0.2, 0) is 6.42 Å². The number of rotatable bonds is 6. The first-order chi connectivity index (χ1) is 7.71. The van der Waals surface area contributed by atoms with Gasteiger partial charge >= 0.3 is 0 Å². The smallest absolute Gasteiger partial charge is 0.125 e. The van der Waals surface area contributed by atoms with E-state index in [1.807, 2.05) is 18.2 Å². The minimum absolute atomic E-state index is 0.270. The van der Waals surface area contributed by atoms with Gasteiger partial charge in [-0.1, -0.05) is 13.0 Å². The number of benzene rings is 1. The molecule has 0 bridgehead atoms. The van der Waals surface area contributed by atoms with Gasteiger partial charge in [0.2, 0.25) is 0 Å². The summed E-state index contributed by atoms with van der Waals surface area (Å²) in [6.45, 7) is 2.11. The molecule has 3 nitrogen and oxygen atoms in total. The van der Waals surface area contributed by atoms with Gasteiger partial charge in [-0.15, -0.1) is 0 Å². The van der Waals surface area contributed by atoms with Crippen LogP contribution < -0.4 is 15.2 Å². The van der Waals surface area contributed by atoms with Gasteiger partial charge in [-0.3, -0.25) is 0 Å². The molecule has 0 fully saturated rings. The first-order valence-electron chi connectivity index (χ1n) is 5.67. The molecule has 1 aromatic carbocycles. The molecule has 0 aliphatic rings. The molecule has 1 rings (SSSR count). The third-order valence-corrected chi connectivity index (χ3v) is 2.80. The largest absolute Gasteiger partial charge is 0.497 e. The molecule has 0 spiro atoms. The minimum atomic E-state index is 0.270. The van der Waals surface area contributed by atoms with Gasteiger partial charge < -0.3 is 15.2 Å². The van der Waals surface area contributed by atoms with E-state index in [2.05, 4.69) is 6.92 Å². The molecule has 90 valence electrons. The van der Waals surface area contributed by atoms with E-state index in [0.29, 0.717) is 0 Å². The highest BCUT2D eigenvalue weighted by Gasteiger charge is 2.06. The number of aryl methyl sites for hydroxylation is 1. The van der Waals surface area contributed by atoms with Gasteiger partial charge in [0.25, 0.3) is 0 Å². The standard InChI is InChI=1S/C13H21NO2/c1-4-11(14)7-5-10-6-8-12(15-2)9-13(10)16-3/h6,8-9,11H,4-5,7,14H2,1-3H3. The van der Waals surface area contributed by atoms with E-state index in [1.54, 1.807) is 14.2 Å². The molecular weight excluding hydrogens is 202 g/mol. The van der Waals surface area contributed by atoms with Crippen molar-refractivity contribution < 1.29 is 9.47 Å². The van der Waals surface area contributed by atoms with Gasteiger partial charge in [0.05, 0.1) is 14.2 Å². The second kappa shape index (κ2) is 6.38. The molecule has 0 saturated carbocycles. The van der Waals surface area contributed by atoms with Crippen LogP contribution >= 0.6 is 0 Å². The third kappa shape index (κ3) is 3.42. The molecule has 16 heavy (non-hydrogen) atoms. The topological polar surface area (TPSA) is 44.5 Å². The summed E-state index contributed by atoms with van der Waals surface area (Å²) in [4.78, 5) is 0. The number of hydrogen-bond acceptors (Lipinski definition) is 3. The average Bonchev–Trinajstić information content (AvgIpc) is 2.35. The van der Waals surface area contributed by atoms with Crippen LogP contribution in [0.5, 0.6) is 11.5 Å². The summed E-state index contributed by atoms with van der Waals surface area (Å²) < 4.78 is 10.5. The number of ether oxygens (including phenoxy) is 2. The maximum absolute atomic E-state index is 5.90. The van der Waals surface area contributed by atoms with E-state index in [4.69, 9.17) is 15.2 Å². The SMILES string of the molecule is CCC(N)CCc1ccc(OC)cc1OC. The zero-order valence-corrected chi connectivity index (χ0v) is 10.3. The van der Waals surface area contributed by atoms with Crippen LogP contribution in [0, 0.1) is 0 Å². The molecule has 3 heteroatoms. The Hall–Kier alpha value is -1.22. The lowest BCUT2D eigenvalue weighted by atomic mass is 10.0. The van der Waals surface area contributed by atoms with Crippen molar-refractivity contribution in [2.24, 2.45) is 5.73 Å². The van der Waals surface area contributed by atoms with Gasteiger partial charge in [0.1, 0.15) is 11.5 Å². The van der Waals surface area contributed by atoms with E-state index >= 15 is 0 Å². The Kier molecular flexibility index (Phi) is 5.12. The summed E-state index contributed by atoms with van der Waals surface area (Å²) in [6.07, 6.45) is 2.94. The van der Waals surface area contributed by atoms with Crippen molar-refractivity contribution in [3.63, 3.8) is 0 Å². The predicted octanol–water partition coefficient (Wildman–Crippen LogP) is 2.37. The Balaban J connectivity index is 2.71. The lowest BCUT2D eigenvalue weighted by Crippen LogP contribution is -2.19. The molecule has 0 aromatic heterocycles. The van der Waals surface area contributed by atoms with Crippen molar-refractivity contribution in [3.05, 3.63) is 23.8 Å². The van der Waals surface area contributed by atoms with Crippen molar-refractivity contribution in [2.45, 2.75) is 32.2 Å². The van der Waals surface area contributed by atoms with Gasteiger partial charge in [-0.2, -0.15) is 0 Å². The highest BCUT2D eigenvalue weighted by atomic mass is 16.5. The highest BCUT2D eigenvalue weighted by Crippen LogP contribution is 2.25. The van der Waals surface area contributed by atoms with Gasteiger partial charge in [0, 0.05) is 12.1 Å². The Morgan fingerprint density at radius 3 is 2.56 bits per heavy atom. The number of methoxy groups -OCH3 is 2. The van der Waals surface area contributed by atoms with E-state index in [0.717, 1.165) is 30.8 Å². The van der Waals surface area contributed by atoms with Crippen molar-refractivity contribution in [2.75, 3.05) is 14.2 Å². The molecule has 0 amide bonds. The Morgan fingerprint density at radius 1 is 1.25 bits per heavy atom. The van der Waals surface area contributed by atoms with Crippen LogP contribution in [0.1, 0.15) is 25.3 Å². The third-order valence-electron chi connectivity index (χ3n) is 2.80. The van der Waals surface area contributed by atoms with Crippen molar-refractivity contribution in [1.29, 1.82) is 0 Å². The Bertz CT molecular complexity index is 326. The maximum Gasteiger partial charge on any atom is 0.125 e. The molecule has 1 unspecified atom stereocenters.